The highest BCUT2D eigenvalue weighted by Crippen LogP contribution is 2.30. The quantitative estimate of drug-likeness (QED) is 0.912. The first kappa shape index (κ1) is 11.6. The Morgan fingerprint density at radius 3 is 2.81 bits per heavy atom. The summed E-state index contributed by atoms with van der Waals surface area (Å²) in [5.41, 5.74) is 2.96. The summed E-state index contributed by atoms with van der Waals surface area (Å²) < 4.78 is 1.00. The molecule has 84 valence electrons. The van der Waals surface area contributed by atoms with Gasteiger partial charge in [-0.15, -0.1) is 11.3 Å². The van der Waals surface area contributed by atoms with E-state index in [4.69, 9.17) is 5.11 Å². The van der Waals surface area contributed by atoms with Crippen molar-refractivity contribution in [3.63, 3.8) is 0 Å². The van der Waals surface area contributed by atoms with Crippen LogP contribution >= 0.6 is 23.1 Å². The van der Waals surface area contributed by atoms with E-state index in [9.17, 15) is 0 Å². The van der Waals surface area contributed by atoms with Gasteiger partial charge in [0.05, 0.1) is 6.61 Å². The molecule has 0 atom stereocenters. The lowest BCUT2D eigenvalue weighted by atomic mass is 10.2. The number of hydrogen-bond donors (Lipinski definition) is 1. The number of aromatic nitrogens is 2. The third-order valence-electron chi connectivity index (χ3n) is 2.05. The predicted molar refractivity (Wildman–Crippen MR) is 65.9 cm³/mol. The van der Waals surface area contributed by atoms with Crippen LogP contribution in [0.15, 0.2) is 27.0 Å². The highest BCUT2D eigenvalue weighted by molar-refractivity contribution is 8.01. The number of aliphatic hydroxyl groups excluding tert-OH is 1. The molecule has 5 heteroatoms. The molecule has 0 saturated heterocycles. The average molecular weight is 252 g/mol. The van der Waals surface area contributed by atoms with E-state index < -0.39 is 0 Å². The van der Waals surface area contributed by atoms with Crippen LogP contribution in [0.3, 0.4) is 0 Å². The molecule has 0 unspecified atom stereocenters. The lowest BCUT2D eigenvalue weighted by Crippen LogP contribution is -1.90. The number of hydrogen-bond acceptors (Lipinski definition) is 5. The molecular formula is C11H12N2OS2. The summed E-state index contributed by atoms with van der Waals surface area (Å²) in [5, 5.41) is 12.0. The Morgan fingerprint density at radius 2 is 2.25 bits per heavy atom. The van der Waals surface area contributed by atoms with Crippen molar-refractivity contribution in [3.05, 3.63) is 34.5 Å². The summed E-state index contributed by atoms with van der Waals surface area (Å²) in [6.07, 6.45) is 1.70. The summed E-state index contributed by atoms with van der Waals surface area (Å²) in [5.74, 6) is 0. The fraction of sp³-hybridized carbons (Fsp3) is 0.273. The van der Waals surface area contributed by atoms with Crippen molar-refractivity contribution < 1.29 is 5.11 Å². The maximum absolute atomic E-state index is 8.99. The topological polar surface area (TPSA) is 46.0 Å². The molecule has 0 spiro atoms. The number of rotatable bonds is 3. The first-order chi connectivity index (χ1) is 7.69. The first-order valence-electron chi connectivity index (χ1n) is 4.85. The highest BCUT2D eigenvalue weighted by atomic mass is 32.2. The van der Waals surface area contributed by atoms with Gasteiger partial charge in [-0.05, 0) is 42.8 Å². The maximum Gasteiger partial charge on any atom is 0.156 e. The summed E-state index contributed by atoms with van der Waals surface area (Å²) in [4.78, 5) is 8.70. The van der Waals surface area contributed by atoms with E-state index in [1.165, 1.54) is 0 Å². The van der Waals surface area contributed by atoms with Gasteiger partial charge in [-0.3, -0.25) is 0 Å². The Kier molecular flexibility index (Phi) is 3.58. The van der Waals surface area contributed by atoms with Gasteiger partial charge in [-0.2, -0.15) is 0 Å². The van der Waals surface area contributed by atoms with Gasteiger partial charge in [0.15, 0.2) is 4.34 Å². The van der Waals surface area contributed by atoms with Crippen LogP contribution in [-0.4, -0.2) is 15.1 Å². The molecule has 0 radical (unpaired) electrons. The fourth-order valence-electron chi connectivity index (χ4n) is 1.28. The summed E-state index contributed by atoms with van der Waals surface area (Å²) in [7, 11) is 0. The molecule has 0 amide bonds. The number of nitrogens with zero attached hydrogens (tertiary/aromatic N) is 2. The Bertz CT molecular complexity index is 496. The van der Waals surface area contributed by atoms with Gasteiger partial charge in [-0.25, -0.2) is 9.97 Å². The molecule has 2 aromatic heterocycles. The Morgan fingerprint density at radius 1 is 1.44 bits per heavy atom. The van der Waals surface area contributed by atoms with Gasteiger partial charge in [0.2, 0.25) is 0 Å². The molecule has 0 saturated carbocycles. The Labute approximate surface area is 103 Å². The second kappa shape index (κ2) is 4.95. The normalized spacial score (nSPS) is 10.7. The molecule has 2 aromatic rings. The van der Waals surface area contributed by atoms with E-state index in [2.05, 4.69) is 9.97 Å². The van der Waals surface area contributed by atoms with Gasteiger partial charge in [0.25, 0.3) is 0 Å². The molecule has 2 heterocycles. The second-order valence-electron chi connectivity index (χ2n) is 3.48. The smallest absolute Gasteiger partial charge is 0.156 e. The minimum Gasteiger partial charge on any atom is -0.392 e. The van der Waals surface area contributed by atoms with Crippen LogP contribution in [0.4, 0.5) is 0 Å². The van der Waals surface area contributed by atoms with Crippen LogP contribution < -0.4 is 0 Å². The highest BCUT2D eigenvalue weighted by Gasteiger charge is 2.06. The van der Waals surface area contributed by atoms with E-state index in [0.717, 1.165) is 26.2 Å². The third kappa shape index (κ3) is 2.61. The first-order valence-corrected chi connectivity index (χ1v) is 6.55. The molecule has 0 aromatic carbocycles. The van der Waals surface area contributed by atoms with Crippen LogP contribution in [0.2, 0.25) is 0 Å². The van der Waals surface area contributed by atoms with Crippen molar-refractivity contribution >= 4 is 23.1 Å². The minimum absolute atomic E-state index is 0.0369. The van der Waals surface area contributed by atoms with Gasteiger partial charge in [0.1, 0.15) is 5.03 Å². The van der Waals surface area contributed by atoms with Crippen molar-refractivity contribution in [2.24, 2.45) is 0 Å². The van der Waals surface area contributed by atoms with Gasteiger partial charge in [-0.1, -0.05) is 0 Å². The molecular weight excluding hydrogens is 240 g/mol. The average Bonchev–Trinajstić information content (AvgIpc) is 2.67. The van der Waals surface area contributed by atoms with Crippen LogP contribution in [0.5, 0.6) is 0 Å². The summed E-state index contributed by atoms with van der Waals surface area (Å²) >= 11 is 3.19. The molecule has 16 heavy (non-hydrogen) atoms. The van der Waals surface area contributed by atoms with Crippen LogP contribution in [0.1, 0.15) is 16.8 Å². The predicted octanol–water partition coefficient (Wildman–Crippen LogP) is 2.80. The van der Waals surface area contributed by atoms with Crippen molar-refractivity contribution in [2.75, 3.05) is 0 Å². The van der Waals surface area contributed by atoms with Gasteiger partial charge >= 0.3 is 0 Å². The third-order valence-corrected chi connectivity index (χ3v) is 4.23. The van der Waals surface area contributed by atoms with E-state index in [0.29, 0.717) is 0 Å². The zero-order chi connectivity index (χ0) is 11.5. The largest absolute Gasteiger partial charge is 0.392 e. The summed E-state index contributed by atoms with van der Waals surface area (Å²) in [6.45, 7) is 4.01. The number of thiazole rings is 1. The van der Waals surface area contributed by atoms with Crippen LogP contribution in [0.25, 0.3) is 0 Å². The molecule has 0 aliphatic heterocycles. The summed E-state index contributed by atoms with van der Waals surface area (Å²) in [6, 6.07) is 1.95. The zero-order valence-electron chi connectivity index (χ0n) is 9.10. The fourth-order valence-corrected chi connectivity index (χ4v) is 3.05. The monoisotopic (exact) mass is 252 g/mol. The van der Waals surface area contributed by atoms with E-state index >= 15 is 0 Å². The molecule has 0 bridgehead atoms. The number of aliphatic hydroxyl groups is 1. The van der Waals surface area contributed by atoms with Crippen molar-refractivity contribution in [3.8, 4) is 0 Å². The SMILES string of the molecule is Cc1csc(Sc2ncc(CO)cc2C)n1. The van der Waals surface area contributed by atoms with Crippen molar-refractivity contribution in [2.45, 2.75) is 29.8 Å². The Hall–Kier alpha value is -0.910. The molecule has 1 N–H and O–H groups in total. The minimum atomic E-state index is 0.0369. The van der Waals surface area contributed by atoms with Gasteiger partial charge in [0, 0.05) is 17.3 Å². The van der Waals surface area contributed by atoms with E-state index in [1.807, 2.05) is 25.3 Å². The van der Waals surface area contributed by atoms with Crippen LogP contribution in [0, 0.1) is 13.8 Å². The number of pyridine rings is 1. The molecule has 2 rings (SSSR count). The second-order valence-corrected chi connectivity index (χ2v) is 5.57. The van der Waals surface area contributed by atoms with Gasteiger partial charge < -0.3 is 5.11 Å². The zero-order valence-corrected chi connectivity index (χ0v) is 10.7. The Balaban J connectivity index is 2.21. The van der Waals surface area contributed by atoms with Crippen LogP contribution in [-0.2, 0) is 6.61 Å². The standard InChI is InChI=1S/C11H12N2OS2/c1-7-3-9(5-14)4-12-10(7)16-11-13-8(2)6-15-11/h3-4,6,14H,5H2,1-2H3. The molecule has 0 aliphatic carbocycles. The molecule has 3 nitrogen and oxygen atoms in total. The lowest BCUT2D eigenvalue weighted by molar-refractivity contribution is 0.281. The maximum atomic E-state index is 8.99. The van der Waals surface area contributed by atoms with E-state index in [1.54, 1.807) is 29.3 Å². The number of aryl methyl sites for hydroxylation is 2. The van der Waals surface area contributed by atoms with Crippen molar-refractivity contribution in [1.82, 2.24) is 9.97 Å². The van der Waals surface area contributed by atoms with E-state index in [-0.39, 0.29) is 6.61 Å². The molecule has 0 aliphatic rings. The molecule has 0 fully saturated rings. The van der Waals surface area contributed by atoms with Crippen molar-refractivity contribution in [1.29, 1.82) is 0 Å². The lowest BCUT2D eigenvalue weighted by Gasteiger charge is -2.03.